The van der Waals surface area contributed by atoms with Gasteiger partial charge in [-0.1, -0.05) is 39.0 Å². The Kier molecular flexibility index (Phi) is 3.85. The van der Waals surface area contributed by atoms with Gasteiger partial charge in [0.15, 0.2) is 0 Å². The van der Waals surface area contributed by atoms with Crippen LogP contribution in [0.15, 0.2) is 29.6 Å². The van der Waals surface area contributed by atoms with Gasteiger partial charge in [0.2, 0.25) is 0 Å². The van der Waals surface area contributed by atoms with E-state index in [4.69, 9.17) is 0 Å². The first-order valence-corrected chi connectivity index (χ1v) is 8.33. The van der Waals surface area contributed by atoms with E-state index in [1.807, 2.05) is 11.3 Å². The molecule has 1 aromatic carbocycles. The van der Waals surface area contributed by atoms with Crippen LogP contribution in [0.3, 0.4) is 0 Å². The fourth-order valence-corrected chi connectivity index (χ4v) is 3.88. The Morgan fingerprint density at radius 1 is 1.30 bits per heavy atom. The summed E-state index contributed by atoms with van der Waals surface area (Å²) in [6.45, 7) is 11.5. The molecule has 20 heavy (non-hydrogen) atoms. The number of thiophene rings is 1. The van der Waals surface area contributed by atoms with Gasteiger partial charge >= 0.3 is 0 Å². The number of nitrogens with one attached hydrogen (secondary N) is 1. The molecule has 3 heteroatoms. The van der Waals surface area contributed by atoms with E-state index < -0.39 is 0 Å². The standard InChI is InChI=1S/C17H24N2S/c1-17(2,3)16-11-19(9-8-18-16)10-13-12-20-15-7-5-4-6-14(13)15/h4-7,12,16,18H,8-11H2,1-3H3. The van der Waals surface area contributed by atoms with Crippen molar-refractivity contribution >= 4 is 21.4 Å². The topological polar surface area (TPSA) is 15.3 Å². The smallest absolute Gasteiger partial charge is 0.0346 e. The van der Waals surface area contributed by atoms with E-state index in [9.17, 15) is 0 Å². The molecule has 1 N–H and O–H groups in total. The van der Waals surface area contributed by atoms with E-state index in [0.717, 1.165) is 26.2 Å². The van der Waals surface area contributed by atoms with Crippen molar-refractivity contribution in [2.75, 3.05) is 19.6 Å². The van der Waals surface area contributed by atoms with Crippen molar-refractivity contribution in [1.82, 2.24) is 10.2 Å². The highest BCUT2D eigenvalue weighted by Crippen LogP contribution is 2.28. The second-order valence-corrected chi connectivity index (χ2v) is 7.78. The van der Waals surface area contributed by atoms with Gasteiger partial charge in [-0.25, -0.2) is 0 Å². The molecule has 1 aromatic heterocycles. The summed E-state index contributed by atoms with van der Waals surface area (Å²) < 4.78 is 1.41. The van der Waals surface area contributed by atoms with E-state index in [1.54, 1.807) is 0 Å². The normalized spacial score (nSPS) is 21.4. The molecule has 2 nitrogen and oxygen atoms in total. The first-order valence-electron chi connectivity index (χ1n) is 7.45. The van der Waals surface area contributed by atoms with Crippen LogP contribution < -0.4 is 5.32 Å². The third kappa shape index (κ3) is 2.90. The molecule has 1 aliphatic heterocycles. The van der Waals surface area contributed by atoms with Crippen LogP contribution in [0.2, 0.25) is 0 Å². The first kappa shape index (κ1) is 14.1. The highest BCUT2D eigenvalue weighted by atomic mass is 32.1. The van der Waals surface area contributed by atoms with E-state index >= 15 is 0 Å². The van der Waals surface area contributed by atoms with Crippen LogP contribution in [-0.2, 0) is 6.54 Å². The van der Waals surface area contributed by atoms with Crippen molar-refractivity contribution in [3.63, 3.8) is 0 Å². The Hall–Kier alpha value is -0.900. The average molecular weight is 288 g/mol. The molecule has 0 saturated carbocycles. The van der Waals surface area contributed by atoms with Gasteiger partial charge in [-0.3, -0.25) is 4.90 Å². The van der Waals surface area contributed by atoms with Crippen LogP contribution >= 0.6 is 11.3 Å². The number of rotatable bonds is 2. The predicted octanol–water partition coefficient (Wildman–Crippen LogP) is 3.72. The number of hydrogen-bond acceptors (Lipinski definition) is 3. The van der Waals surface area contributed by atoms with E-state index in [1.165, 1.54) is 15.6 Å². The molecular weight excluding hydrogens is 264 g/mol. The van der Waals surface area contributed by atoms with Crippen LogP contribution in [-0.4, -0.2) is 30.6 Å². The van der Waals surface area contributed by atoms with E-state index in [2.05, 4.69) is 60.6 Å². The third-order valence-corrected chi connectivity index (χ3v) is 5.27. The molecule has 2 heterocycles. The van der Waals surface area contributed by atoms with Crippen LogP contribution in [0, 0.1) is 5.41 Å². The highest BCUT2D eigenvalue weighted by Gasteiger charge is 2.29. The van der Waals surface area contributed by atoms with Crippen molar-refractivity contribution < 1.29 is 0 Å². The zero-order chi connectivity index (χ0) is 14.2. The van der Waals surface area contributed by atoms with Crippen molar-refractivity contribution in [3.8, 4) is 0 Å². The van der Waals surface area contributed by atoms with Gasteiger partial charge in [-0.05, 0) is 27.8 Å². The van der Waals surface area contributed by atoms with E-state index in [-0.39, 0.29) is 0 Å². The van der Waals surface area contributed by atoms with Crippen LogP contribution in [0.25, 0.3) is 10.1 Å². The summed E-state index contributed by atoms with van der Waals surface area (Å²) >= 11 is 1.87. The fraction of sp³-hybridized carbons (Fsp3) is 0.529. The monoisotopic (exact) mass is 288 g/mol. The maximum absolute atomic E-state index is 3.67. The Bertz CT molecular complexity index is 582. The largest absolute Gasteiger partial charge is 0.311 e. The maximum atomic E-state index is 3.67. The zero-order valence-electron chi connectivity index (χ0n) is 12.6. The van der Waals surface area contributed by atoms with Crippen molar-refractivity contribution in [2.45, 2.75) is 33.4 Å². The Morgan fingerprint density at radius 2 is 2.10 bits per heavy atom. The summed E-state index contributed by atoms with van der Waals surface area (Å²) in [5.74, 6) is 0. The summed E-state index contributed by atoms with van der Waals surface area (Å²) in [4.78, 5) is 2.60. The molecule has 0 aliphatic carbocycles. The number of fused-ring (bicyclic) bond motifs is 1. The van der Waals surface area contributed by atoms with Gasteiger partial charge in [-0.15, -0.1) is 11.3 Å². The first-order chi connectivity index (χ1) is 9.54. The lowest BCUT2D eigenvalue weighted by Crippen LogP contribution is -2.55. The Labute approximate surface area is 125 Å². The second-order valence-electron chi connectivity index (χ2n) is 6.86. The highest BCUT2D eigenvalue weighted by molar-refractivity contribution is 7.17. The minimum atomic E-state index is 0.329. The SMILES string of the molecule is CC(C)(C)C1CN(Cc2csc3ccccc23)CCN1. The van der Waals surface area contributed by atoms with Gasteiger partial charge in [0.25, 0.3) is 0 Å². The summed E-state index contributed by atoms with van der Waals surface area (Å²) in [5, 5.41) is 7.43. The molecular formula is C17H24N2S. The number of hydrogen-bond donors (Lipinski definition) is 1. The molecule has 0 radical (unpaired) electrons. The van der Waals surface area contributed by atoms with Crippen molar-refractivity contribution in [1.29, 1.82) is 0 Å². The minimum Gasteiger partial charge on any atom is -0.311 e. The quantitative estimate of drug-likeness (QED) is 0.906. The summed E-state index contributed by atoms with van der Waals surface area (Å²) in [5.41, 5.74) is 1.82. The summed E-state index contributed by atoms with van der Waals surface area (Å²) in [7, 11) is 0. The van der Waals surface area contributed by atoms with Crippen LogP contribution in [0.4, 0.5) is 0 Å². The molecule has 3 rings (SSSR count). The van der Waals surface area contributed by atoms with Crippen LogP contribution in [0.1, 0.15) is 26.3 Å². The fourth-order valence-electron chi connectivity index (χ4n) is 2.93. The van der Waals surface area contributed by atoms with Gasteiger partial charge in [0, 0.05) is 36.9 Å². The molecule has 0 amide bonds. The number of nitrogens with zero attached hydrogens (tertiary/aromatic N) is 1. The predicted molar refractivity (Wildman–Crippen MR) is 88.3 cm³/mol. The summed E-state index contributed by atoms with van der Waals surface area (Å²) in [6, 6.07) is 9.34. The molecule has 1 fully saturated rings. The second kappa shape index (κ2) is 5.47. The lowest BCUT2D eigenvalue weighted by molar-refractivity contribution is 0.129. The lowest BCUT2D eigenvalue weighted by atomic mass is 9.85. The number of benzene rings is 1. The lowest BCUT2D eigenvalue weighted by Gasteiger charge is -2.40. The maximum Gasteiger partial charge on any atom is 0.0346 e. The van der Waals surface area contributed by atoms with Crippen molar-refractivity contribution in [2.24, 2.45) is 5.41 Å². The average Bonchev–Trinajstić information content (AvgIpc) is 2.82. The number of piperazine rings is 1. The molecule has 1 aliphatic rings. The molecule has 0 spiro atoms. The molecule has 1 unspecified atom stereocenters. The molecule has 0 bridgehead atoms. The van der Waals surface area contributed by atoms with E-state index in [0.29, 0.717) is 11.5 Å². The Morgan fingerprint density at radius 3 is 2.90 bits per heavy atom. The zero-order valence-corrected chi connectivity index (χ0v) is 13.5. The van der Waals surface area contributed by atoms with Gasteiger partial charge in [0.1, 0.15) is 0 Å². The molecule has 1 atom stereocenters. The van der Waals surface area contributed by atoms with Gasteiger partial charge < -0.3 is 5.32 Å². The van der Waals surface area contributed by atoms with Gasteiger partial charge in [0.05, 0.1) is 0 Å². The van der Waals surface area contributed by atoms with Crippen LogP contribution in [0.5, 0.6) is 0 Å². The molecule has 108 valence electrons. The molecule has 1 saturated heterocycles. The third-order valence-electron chi connectivity index (χ3n) is 4.26. The Balaban J connectivity index is 1.74. The van der Waals surface area contributed by atoms with Crippen molar-refractivity contribution in [3.05, 3.63) is 35.2 Å². The minimum absolute atomic E-state index is 0.329. The summed E-state index contributed by atoms with van der Waals surface area (Å²) in [6.07, 6.45) is 0. The van der Waals surface area contributed by atoms with Gasteiger partial charge in [-0.2, -0.15) is 0 Å². The molecule has 2 aromatic rings.